The van der Waals surface area contributed by atoms with E-state index in [9.17, 15) is 13.2 Å². The lowest BCUT2D eigenvalue weighted by molar-refractivity contribution is -0.124. The molecule has 0 atom stereocenters. The zero-order chi connectivity index (χ0) is 19.3. The zero-order valence-electron chi connectivity index (χ0n) is 15.9. The number of hydrogen-bond acceptors (Lipinski definition) is 5. The summed E-state index contributed by atoms with van der Waals surface area (Å²) < 4.78 is 32.5. The summed E-state index contributed by atoms with van der Waals surface area (Å²) in [6, 6.07) is 4.64. The van der Waals surface area contributed by atoms with E-state index >= 15 is 0 Å². The van der Waals surface area contributed by atoms with Crippen LogP contribution in [0.4, 0.5) is 0 Å². The first-order chi connectivity index (χ1) is 12.2. The number of piperidine rings is 1. The molecule has 1 aliphatic rings. The van der Waals surface area contributed by atoms with Gasteiger partial charge in [-0.2, -0.15) is 0 Å². The van der Waals surface area contributed by atoms with Gasteiger partial charge in [-0.1, -0.05) is 0 Å². The average molecular weight is 384 g/mol. The fourth-order valence-electron chi connectivity index (χ4n) is 2.89. The van der Waals surface area contributed by atoms with E-state index in [4.69, 9.17) is 4.74 Å². The molecule has 1 aliphatic heterocycles. The zero-order valence-corrected chi connectivity index (χ0v) is 16.7. The number of nitrogens with zero attached hydrogens (tertiary/aromatic N) is 1. The summed E-state index contributed by atoms with van der Waals surface area (Å²) in [7, 11) is -1.47. The molecule has 7 nitrogen and oxygen atoms in total. The van der Waals surface area contributed by atoms with Crippen LogP contribution in [-0.2, 0) is 14.8 Å². The van der Waals surface area contributed by atoms with Crippen LogP contribution in [0.3, 0.4) is 0 Å². The monoisotopic (exact) mass is 383 g/mol. The second kappa shape index (κ2) is 8.83. The van der Waals surface area contributed by atoms with E-state index < -0.39 is 10.0 Å². The molecule has 0 unspecified atom stereocenters. The summed E-state index contributed by atoms with van der Waals surface area (Å²) in [6.45, 7) is 7.17. The third-order valence-electron chi connectivity index (χ3n) is 4.29. The maximum absolute atomic E-state index is 12.2. The standard InChI is InChI=1S/C18H29N3O4S/c1-13(2)20-26(23,24)16-5-6-17(14(3)11-16)25-12-18(22)19-15-7-9-21(4)10-8-15/h5-6,11,13,15,20H,7-10,12H2,1-4H3,(H,19,22). The van der Waals surface area contributed by atoms with Crippen molar-refractivity contribution in [3.8, 4) is 5.75 Å². The van der Waals surface area contributed by atoms with E-state index in [1.807, 2.05) is 0 Å². The summed E-state index contributed by atoms with van der Waals surface area (Å²) >= 11 is 0. The van der Waals surface area contributed by atoms with Gasteiger partial charge in [0.1, 0.15) is 5.75 Å². The number of aryl methyl sites for hydroxylation is 1. The summed E-state index contributed by atoms with van der Waals surface area (Å²) in [6.07, 6.45) is 1.88. The first-order valence-corrected chi connectivity index (χ1v) is 10.4. The van der Waals surface area contributed by atoms with Crippen molar-refractivity contribution >= 4 is 15.9 Å². The molecule has 1 heterocycles. The van der Waals surface area contributed by atoms with Gasteiger partial charge in [0.25, 0.3) is 5.91 Å². The summed E-state index contributed by atoms with van der Waals surface area (Å²) in [5.74, 6) is 0.351. The highest BCUT2D eigenvalue weighted by atomic mass is 32.2. The van der Waals surface area contributed by atoms with Crippen molar-refractivity contribution < 1.29 is 17.9 Å². The predicted molar refractivity (Wildman–Crippen MR) is 101 cm³/mol. The van der Waals surface area contributed by atoms with Crippen LogP contribution in [0, 0.1) is 6.92 Å². The molecule has 1 aromatic carbocycles. The number of sulfonamides is 1. The third kappa shape index (κ3) is 5.96. The van der Waals surface area contributed by atoms with Gasteiger partial charge < -0.3 is 15.0 Å². The van der Waals surface area contributed by atoms with Gasteiger partial charge in [-0.3, -0.25) is 4.79 Å². The van der Waals surface area contributed by atoms with Crippen molar-refractivity contribution in [2.24, 2.45) is 0 Å². The second-order valence-corrected chi connectivity index (χ2v) is 8.85. The molecule has 2 rings (SSSR count). The summed E-state index contributed by atoms with van der Waals surface area (Å²) in [4.78, 5) is 14.5. The molecule has 2 N–H and O–H groups in total. The van der Waals surface area contributed by atoms with Crippen molar-refractivity contribution in [3.05, 3.63) is 23.8 Å². The Bertz CT molecular complexity index is 726. The molecule has 0 bridgehead atoms. The van der Waals surface area contributed by atoms with Gasteiger partial charge in [-0.15, -0.1) is 0 Å². The van der Waals surface area contributed by atoms with E-state index in [0.29, 0.717) is 11.3 Å². The Labute approximate surface area is 156 Å². The van der Waals surface area contributed by atoms with Crippen LogP contribution in [0.5, 0.6) is 5.75 Å². The molecule has 0 saturated carbocycles. The van der Waals surface area contributed by atoms with Crippen molar-refractivity contribution in [2.75, 3.05) is 26.7 Å². The Hall–Kier alpha value is -1.64. The van der Waals surface area contributed by atoms with Crippen LogP contribution >= 0.6 is 0 Å². The number of benzene rings is 1. The lowest BCUT2D eigenvalue weighted by Crippen LogP contribution is -2.44. The first kappa shape index (κ1) is 20.7. The fraction of sp³-hybridized carbons (Fsp3) is 0.611. The van der Waals surface area contributed by atoms with Gasteiger partial charge in [0.15, 0.2) is 6.61 Å². The molecule has 1 aromatic rings. The SMILES string of the molecule is Cc1cc(S(=O)(=O)NC(C)C)ccc1OCC(=O)NC1CCN(C)CC1. The van der Waals surface area contributed by atoms with E-state index in [0.717, 1.165) is 25.9 Å². The minimum absolute atomic E-state index is 0.0798. The highest BCUT2D eigenvalue weighted by Gasteiger charge is 2.19. The summed E-state index contributed by atoms with van der Waals surface area (Å²) in [5.41, 5.74) is 0.670. The van der Waals surface area contributed by atoms with E-state index in [1.54, 1.807) is 32.9 Å². The number of amides is 1. The maximum Gasteiger partial charge on any atom is 0.258 e. The fourth-order valence-corrected chi connectivity index (χ4v) is 4.23. The minimum atomic E-state index is -3.54. The highest BCUT2D eigenvalue weighted by molar-refractivity contribution is 7.89. The molecule has 1 fully saturated rings. The smallest absolute Gasteiger partial charge is 0.258 e. The average Bonchev–Trinajstić information content (AvgIpc) is 2.54. The molecule has 0 radical (unpaired) electrons. The van der Waals surface area contributed by atoms with Crippen molar-refractivity contribution in [3.63, 3.8) is 0 Å². The maximum atomic E-state index is 12.2. The van der Waals surface area contributed by atoms with Gasteiger partial charge in [0, 0.05) is 12.1 Å². The van der Waals surface area contributed by atoms with Gasteiger partial charge in [0.2, 0.25) is 10.0 Å². The van der Waals surface area contributed by atoms with Crippen molar-refractivity contribution in [1.29, 1.82) is 0 Å². The van der Waals surface area contributed by atoms with Gasteiger partial charge >= 0.3 is 0 Å². The molecule has 8 heteroatoms. The van der Waals surface area contributed by atoms with Gasteiger partial charge in [-0.05, 0) is 77.5 Å². The molecule has 1 saturated heterocycles. The second-order valence-electron chi connectivity index (χ2n) is 7.14. The number of ether oxygens (including phenoxy) is 1. The Balaban J connectivity index is 1.91. The van der Waals surface area contributed by atoms with E-state index in [-0.39, 0.29) is 29.5 Å². The van der Waals surface area contributed by atoms with E-state index in [2.05, 4.69) is 22.0 Å². The van der Waals surface area contributed by atoms with Crippen LogP contribution in [0.2, 0.25) is 0 Å². The Morgan fingerprint density at radius 2 is 1.96 bits per heavy atom. The molecule has 1 amide bonds. The van der Waals surface area contributed by atoms with Crippen LogP contribution in [0.15, 0.2) is 23.1 Å². The van der Waals surface area contributed by atoms with Gasteiger partial charge in [-0.25, -0.2) is 13.1 Å². The lowest BCUT2D eigenvalue weighted by atomic mass is 10.1. The Morgan fingerprint density at radius 1 is 1.31 bits per heavy atom. The number of hydrogen-bond donors (Lipinski definition) is 2. The van der Waals surface area contributed by atoms with Crippen molar-refractivity contribution in [1.82, 2.24) is 14.9 Å². The molecule has 0 aliphatic carbocycles. The predicted octanol–water partition coefficient (Wildman–Crippen LogP) is 1.27. The molecule has 146 valence electrons. The topological polar surface area (TPSA) is 87.7 Å². The number of rotatable bonds is 7. The number of carbonyl (C=O) groups is 1. The quantitative estimate of drug-likeness (QED) is 0.740. The minimum Gasteiger partial charge on any atom is -0.484 e. The number of carbonyl (C=O) groups excluding carboxylic acids is 1. The molecule has 26 heavy (non-hydrogen) atoms. The third-order valence-corrected chi connectivity index (χ3v) is 5.95. The van der Waals surface area contributed by atoms with Crippen LogP contribution in [0.25, 0.3) is 0 Å². The molecular weight excluding hydrogens is 354 g/mol. The lowest BCUT2D eigenvalue weighted by Gasteiger charge is -2.29. The van der Waals surface area contributed by atoms with Crippen LogP contribution in [-0.4, -0.2) is 58.1 Å². The molecular formula is C18H29N3O4S. The number of likely N-dealkylation sites (tertiary alicyclic amines) is 1. The van der Waals surface area contributed by atoms with E-state index in [1.165, 1.54) is 6.07 Å². The Morgan fingerprint density at radius 3 is 2.54 bits per heavy atom. The normalized spacial score (nSPS) is 16.7. The molecule has 0 spiro atoms. The number of nitrogens with one attached hydrogen (secondary N) is 2. The van der Waals surface area contributed by atoms with Gasteiger partial charge in [0.05, 0.1) is 4.90 Å². The molecule has 0 aromatic heterocycles. The largest absolute Gasteiger partial charge is 0.484 e. The highest BCUT2D eigenvalue weighted by Crippen LogP contribution is 2.22. The Kier molecular flexibility index (Phi) is 7.02. The van der Waals surface area contributed by atoms with Crippen molar-refractivity contribution in [2.45, 2.75) is 50.6 Å². The first-order valence-electron chi connectivity index (χ1n) is 8.91. The van der Waals surface area contributed by atoms with Crippen LogP contribution < -0.4 is 14.8 Å². The summed E-state index contributed by atoms with van der Waals surface area (Å²) in [5, 5.41) is 2.99. The van der Waals surface area contributed by atoms with Crippen LogP contribution in [0.1, 0.15) is 32.3 Å².